The molecule has 1 amide bonds. The fourth-order valence-electron chi connectivity index (χ4n) is 8.06. The Labute approximate surface area is 193 Å². The second-order valence-corrected chi connectivity index (χ2v) is 11.3. The van der Waals surface area contributed by atoms with Crippen LogP contribution in [0.1, 0.15) is 78.6 Å². The quantitative estimate of drug-likeness (QED) is 0.183. The molecular weight excluding hydrogens is 402 g/mol. The van der Waals surface area contributed by atoms with Crippen molar-refractivity contribution in [2.24, 2.45) is 39.7 Å². The van der Waals surface area contributed by atoms with Gasteiger partial charge in [-0.3, -0.25) is 4.84 Å². The molecule has 3 fully saturated rings. The standard InChI is InChI=1S/C26H43N3O3/c1-17(29-32-24(31)28-15-5-14-27-4)21-8-9-22-20-7-6-18-16-19(30)10-12-25(18,2)23(20)11-13-26(21,22)3/h16,19-23,27,30H,5-15H2,1-4H3,(H,28,31)/b29-17+/t19-,20-,21+,22-,23-,25-,26+/m0/s1. The SMILES string of the molecule is CNCCCNC(=O)O/N=C(\C)[C@H]1CC[C@H]2[C@@H]3CCC4=C[C@@H](O)CC[C@]4(C)[C@H]3CC[C@]12C. The van der Waals surface area contributed by atoms with E-state index in [-0.39, 0.29) is 16.9 Å². The van der Waals surface area contributed by atoms with Crippen LogP contribution in [0.3, 0.4) is 0 Å². The maximum atomic E-state index is 12.0. The van der Waals surface area contributed by atoms with Gasteiger partial charge in [0.15, 0.2) is 0 Å². The molecule has 0 spiro atoms. The minimum absolute atomic E-state index is 0.237. The van der Waals surface area contributed by atoms with Gasteiger partial charge >= 0.3 is 6.09 Å². The molecule has 6 heteroatoms. The topological polar surface area (TPSA) is 83.0 Å². The summed E-state index contributed by atoms with van der Waals surface area (Å²) in [4.78, 5) is 17.2. The van der Waals surface area contributed by atoms with E-state index in [0.29, 0.717) is 12.5 Å². The summed E-state index contributed by atoms with van der Waals surface area (Å²) in [6.45, 7) is 8.45. The highest BCUT2D eigenvalue weighted by Crippen LogP contribution is 2.66. The van der Waals surface area contributed by atoms with Crippen LogP contribution in [0.2, 0.25) is 0 Å². The third-order valence-electron chi connectivity index (χ3n) is 9.74. The Morgan fingerprint density at radius 2 is 1.97 bits per heavy atom. The number of fused-ring (bicyclic) bond motifs is 5. The van der Waals surface area contributed by atoms with Crippen molar-refractivity contribution >= 4 is 11.8 Å². The van der Waals surface area contributed by atoms with Crippen molar-refractivity contribution in [3.8, 4) is 0 Å². The molecule has 0 unspecified atom stereocenters. The van der Waals surface area contributed by atoms with Crippen LogP contribution in [0.5, 0.6) is 0 Å². The van der Waals surface area contributed by atoms with Crippen LogP contribution in [0, 0.1) is 34.5 Å². The molecule has 4 rings (SSSR count). The average molecular weight is 446 g/mol. The summed E-state index contributed by atoms with van der Waals surface area (Å²) in [5.74, 6) is 2.62. The number of hydrogen-bond donors (Lipinski definition) is 3. The number of rotatable bonds is 6. The lowest BCUT2D eigenvalue weighted by Crippen LogP contribution is -2.51. The van der Waals surface area contributed by atoms with Crippen LogP contribution < -0.4 is 10.6 Å². The molecule has 3 saturated carbocycles. The van der Waals surface area contributed by atoms with Crippen molar-refractivity contribution in [3.05, 3.63) is 11.6 Å². The molecule has 32 heavy (non-hydrogen) atoms. The van der Waals surface area contributed by atoms with Gasteiger partial charge in [-0.05, 0) is 107 Å². The zero-order valence-corrected chi connectivity index (χ0v) is 20.5. The fraction of sp³-hybridized carbons (Fsp3) is 0.846. The van der Waals surface area contributed by atoms with E-state index in [9.17, 15) is 9.90 Å². The van der Waals surface area contributed by atoms with Gasteiger partial charge in [0.25, 0.3) is 0 Å². The molecule has 4 aliphatic carbocycles. The molecule has 6 nitrogen and oxygen atoms in total. The van der Waals surface area contributed by atoms with Gasteiger partial charge in [0, 0.05) is 12.5 Å². The lowest BCUT2D eigenvalue weighted by molar-refractivity contribution is -0.0479. The van der Waals surface area contributed by atoms with E-state index >= 15 is 0 Å². The number of carbonyl (C=O) groups excluding carboxylic acids is 1. The van der Waals surface area contributed by atoms with Crippen molar-refractivity contribution in [1.29, 1.82) is 0 Å². The molecule has 4 aliphatic rings. The van der Waals surface area contributed by atoms with Gasteiger partial charge in [-0.25, -0.2) is 4.79 Å². The van der Waals surface area contributed by atoms with Gasteiger partial charge in [0.05, 0.1) is 11.8 Å². The highest BCUT2D eigenvalue weighted by atomic mass is 16.7. The van der Waals surface area contributed by atoms with Crippen LogP contribution in [-0.2, 0) is 4.84 Å². The highest BCUT2D eigenvalue weighted by molar-refractivity contribution is 5.85. The summed E-state index contributed by atoms with van der Waals surface area (Å²) in [5.41, 5.74) is 3.02. The van der Waals surface area contributed by atoms with Gasteiger partial charge in [-0.1, -0.05) is 30.7 Å². The van der Waals surface area contributed by atoms with Crippen LogP contribution in [-0.4, -0.2) is 43.2 Å². The molecule has 0 radical (unpaired) electrons. The Morgan fingerprint density at radius 3 is 2.75 bits per heavy atom. The van der Waals surface area contributed by atoms with Crippen molar-refractivity contribution in [2.75, 3.05) is 20.1 Å². The molecule has 0 heterocycles. The Hall–Kier alpha value is -1.40. The number of nitrogens with zero attached hydrogens (tertiary/aromatic N) is 1. The maximum absolute atomic E-state index is 12.0. The first-order valence-electron chi connectivity index (χ1n) is 12.8. The summed E-state index contributed by atoms with van der Waals surface area (Å²) < 4.78 is 0. The Balaban J connectivity index is 1.42. The van der Waals surface area contributed by atoms with Gasteiger partial charge in [0.2, 0.25) is 0 Å². The van der Waals surface area contributed by atoms with Gasteiger partial charge in [-0.15, -0.1) is 0 Å². The van der Waals surface area contributed by atoms with Crippen LogP contribution >= 0.6 is 0 Å². The number of amides is 1. The number of aliphatic hydroxyl groups is 1. The number of aliphatic hydroxyl groups excluding tert-OH is 1. The van der Waals surface area contributed by atoms with Crippen LogP contribution in [0.15, 0.2) is 16.8 Å². The number of carbonyl (C=O) groups is 1. The van der Waals surface area contributed by atoms with E-state index in [1.165, 1.54) is 31.3 Å². The lowest BCUT2D eigenvalue weighted by Gasteiger charge is -2.58. The van der Waals surface area contributed by atoms with E-state index in [1.54, 1.807) is 0 Å². The lowest BCUT2D eigenvalue weighted by atomic mass is 9.46. The van der Waals surface area contributed by atoms with Crippen molar-refractivity contribution in [3.63, 3.8) is 0 Å². The molecule has 0 aromatic rings. The van der Waals surface area contributed by atoms with Gasteiger partial charge < -0.3 is 15.7 Å². The Bertz CT molecular complexity index is 765. The molecule has 7 atom stereocenters. The number of oxime groups is 1. The van der Waals surface area contributed by atoms with Crippen molar-refractivity contribution in [1.82, 2.24) is 10.6 Å². The highest BCUT2D eigenvalue weighted by Gasteiger charge is 2.59. The fourth-order valence-corrected chi connectivity index (χ4v) is 8.06. The van der Waals surface area contributed by atoms with Crippen LogP contribution in [0.4, 0.5) is 4.79 Å². The monoisotopic (exact) mass is 445 g/mol. The first kappa shape index (κ1) is 23.7. The molecule has 0 bridgehead atoms. The molecule has 0 aromatic heterocycles. The van der Waals surface area contributed by atoms with Gasteiger partial charge in [0.1, 0.15) is 0 Å². The van der Waals surface area contributed by atoms with E-state index in [2.05, 4.69) is 35.7 Å². The Morgan fingerprint density at radius 1 is 1.16 bits per heavy atom. The zero-order chi connectivity index (χ0) is 22.9. The van der Waals surface area contributed by atoms with E-state index in [0.717, 1.165) is 62.1 Å². The molecule has 3 N–H and O–H groups in total. The normalized spacial score (nSPS) is 41.2. The molecule has 0 aromatic carbocycles. The smallest absolute Gasteiger partial charge is 0.389 e. The predicted octanol–water partition coefficient (Wildman–Crippen LogP) is 4.64. The molecule has 0 saturated heterocycles. The third kappa shape index (κ3) is 4.25. The van der Waals surface area contributed by atoms with Crippen molar-refractivity contribution < 1.29 is 14.7 Å². The average Bonchev–Trinajstić information content (AvgIpc) is 3.13. The molecular formula is C26H43N3O3. The van der Waals surface area contributed by atoms with E-state index in [4.69, 9.17) is 4.84 Å². The summed E-state index contributed by atoms with van der Waals surface area (Å²) in [6.07, 6.45) is 11.7. The second-order valence-electron chi connectivity index (χ2n) is 11.3. The van der Waals surface area contributed by atoms with Gasteiger partial charge in [-0.2, -0.15) is 0 Å². The third-order valence-corrected chi connectivity index (χ3v) is 9.74. The molecule has 180 valence electrons. The van der Waals surface area contributed by atoms with E-state index in [1.807, 2.05) is 14.0 Å². The predicted molar refractivity (Wildman–Crippen MR) is 127 cm³/mol. The largest absolute Gasteiger partial charge is 0.433 e. The zero-order valence-electron chi connectivity index (χ0n) is 20.5. The number of hydrogen-bond acceptors (Lipinski definition) is 5. The summed E-state index contributed by atoms with van der Waals surface area (Å²) in [7, 11) is 1.90. The first-order chi connectivity index (χ1) is 15.3. The van der Waals surface area contributed by atoms with Crippen LogP contribution in [0.25, 0.3) is 0 Å². The number of nitrogens with one attached hydrogen (secondary N) is 2. The minimum Gasteiger partial charge on any atom is -0.389 e. The minimum atomic E-state index is -0.456. The second kappa shape index (κ2) is 9.46. The first-order valence-corrected chi connectivity index (χ1v) is 12.8. The van der Waals surface area contributed by atoms with Crippen molar-refractivity contribution in [2.45, 2.75) is 84.7 Å². The Kier molecular flexibility index (Phi) is 7.02. The summed E-state index contributed by atoms with van der Waals surface area (Å²) in [5, 5.41) is 20.3. The molecule has 0 aliphatic heterocycles. The maximum Gasteiger partial charge on any atom is 0.433 e. The summed E-state index contributed by atoms with van der Waals surface area (Å²) >= 11 is 0. The number of allylic oxidation sites excluding steroid dienone is 1. The van der Waals surface area contributed by atoms with E-state index < -0.39 is 6.09 Å². The summed E-state index contributed by atoms with van der Waals surface area (Å²) in [6, 6.07) is 0.